The first-order valence-electron chi connectivity index (χ1n) is 7.29. The van der Waals surface area contributed by atoms with Crippen LogP contribution in [-0.2, 0) is 13.2 Å². The molecule has 5 nitrogen and oxygen atoms in total. The van der Waals surface area contributed by atoms with Gasteiger partial charge >= 0.3 is 6.18 Å². The minimum atomic E-state index is -4.62. The number of carbonyl (C=O) groups excluding carboxylic acids is 1. The predicted molar refractivity (Wildman–Crippen MR) is 89.8 cm³/mol. The van der Waals surface area contributed by atoms with E-state index in [1.54, 1.807) is 0 Å². The Morgan fingerprint density at radius 2 is 1.74 bits per heavy atom. The number of primary amides is 1. The number of aryl methyl sites for hydroxylation is 1. The van der Waals surface area contributed by atoms with Crippen molar-refractivity contribution < 1.29 is 26.7 Å². The summed E-state index contributed by atoms with van der Waals surface area (Å²) >= 11 is 0.933. The second-order valence-corrected chi connectivity index (χ2v) is 6.66. The fraction of sp³-hybridized carbons (Fsp3) is 0.125. The van der Waals surface area contributed by atoms with Crippen LogP contribution in [0.1, 0.15) is 16.1 Å². The van der Waals surface area contributed by atoms with Gasteiger partial charge in [0.1, 0.15) is 17.2 Å². The Hall–Kier alpha value is -2.95. The van der Waals surface area contributed by atoms with Crippen molar-refractivity contribution in [1.82, 2.24) is 9.78 Å². The average molecular weight is 402 g/mol. The smallest absolute Gasteiger partial charge is 0.397 e. The number of nitrogens with two attached hydrogens (primary N) is 2. The Bertz CT molecular complexity index is 1030. The summed E-state index contributed by atoms with van der Waals surface area (Å²) in [4.78, 5) is 11.6. The van der Waals surface area contributed by atoms with Gasteiger partial charge in [-0.2, -0.15) is 18.3 Å². The number of anilines is 1. The monoisotopic (exact) mass is 402 g/mol. The second kappa shape index (κ2) is 6.34. The molecule has 1 amide bonds. The molecule has 0 unspecified atom stereocenters. The number of rotatable bonds is 3. The molecule has 142 valence electrons. The zero-order valence-electron chi connectivity index (χ0n) is 13.6. The van der Waals surface area contributed by atoms with Crippen LogP contribution in [0.2, 0.25) is 0 Å². The van der Waals surface area contributed by atoms with Crippen LogP contribution in [0.25, 0.3) is 21.0 Å². The molecule has 0 fully saturated rings. The normalized spacial score (nSPS) is 11.8. The van der Waals surface area contributed by atoms with Gasteiger partial charge in [-0.3, -0.25) is 9.48 Å². The van der Waals surface area contributed by atoms with E-state index in [0.29, 0.717) is 4.88 Å². The lowest BCUT2D eigenvalue weighted by Crippen LogP contribution is -2.15. The molecule has 3 aromatic rings. The molecule has 0 aliphatic rings. The van der Waals surface area contributed by atoms with Crippen LogP contribution < -0.4 is 11.5 Å². The van der Waals surface area contributed by atoms with E-state index in [-0.39, 0.29) is 21.8 Å². The van der Waals surface area contributed by atoms with Crippen molar-refractivity contribution in [1.29, 1.82) is 0 Å². The Morgan fingerprint density at radius 1 is 1.15 bits per heavy atom. The molecule has 2 aromatic heterocycles. The SMILES string of the molecule is Cn1nc(C(F)(F)F)cc1-c1sc(-c2cc(F)c(C(N)=O)c(F)c2)cc1N. The van der Waals surface area contributed by atoms with E-state index in [4.69, 9.17) is 11.5 Å². The van der Waals surface area contributed by atoms with Gasteiger partial charge in [-0.25, -0.2) is 8.78 Å². The number of hydrogen-bond donors (Lipinski definition) is 2. The van der Waals surface area contributed by atoms with Gasteiger partial charge in [0.2, 0.25) is 0 Å². The lowest BCUT2D eigenvalue weighted by molar-refractivity contribution is -0.141. The van der Waals surface area contributed by atoms with Crippen LogP contribution in [0, 0.1) is 11.6 Å². The van der Waals surface area contributed by atoms with Gasteiger partial charge in [-0.15, -0.1) is 11.3 Å². The largest absolute Gasteiger partial charge is 0.435 e. The first-order valence-corrected chi connectivity index (χ1v) is 8.10. The highest BCUT2D eigenvalue weighted by Crippen LogP contribution is 2.42. The molecule has 0 aliphatic carbocycles. The molecule has 0 spiro atoms. The second-order valence-electron chi connectivity index (χ2n) is 5.61. The molecular formula is C16H11F5N4OS. The molecule has 0 radical (unpaired) electrons. The molecule has 0 saturated heterocycles. The zero-order chi connectivity index (χ0) is 20.1. The molecule has 3 rings (SSSR count). The third-order valence-electron chi connectivity index (χ3n) is 3.74. The quantitative estimate of drug-likeness (QED) is 0.654. The van der Waals surface area contributed by atoms with E-state index in [1.807, 2.05) is 0 Å². The highest BCUT2D eigenvalue weighted by atomic mass is 32.1. The number of nitrogen functional groups attached to an aromatic ring is 1. The molecule has 11 heteroatoms. The van der Waals surface area contributed by atoms with Crippen molar-refractivity contribution in [3.8, 4) is 21.0 Å². The number of amides is 1. The Morgan fingerprint density at radius 3 is 2.22 bits per heavy atom. The molecule has 0 saturated carbocycles. The van der Waals surface area contributed by atoms with Gasteiger partial charge in [0.25, 0.3) is 5.91 Å². The summed E-state index contributed by atoms with van der Waals surface area (Å²) in [5.74, 6) is -3.55. The number of halogens is 5. The van der Waals surface area contributed by atoms with E-state index in [0.717, 1.165) is 34.2 Å². The van der Waals surface area contributed by atoms with Crippen molar-refractivity contribution in [2.75, 3.05) is 5.73 Å². The molecular weight excluding hydrogens is 391 g/mol. The van der Waals surface area contributed by atoms with E-state index in [2.05, 4.69) is 5.10 Å². The van der Waals surface area contributed by atoms with Crippen molar-refractivity contribution in [3.05, 3.63) is 47.2 Å². The average Bonchev–Trinajstić information content (AvgIpc) is 3.08. The number of alkyl halides is 3. The summed E-state index contributed by atoms with van der Waals surface area (Å²) in [5, 5.41) is 3.41. The number of aromatic nitrogens is 2. The lowest BCUT2D eigenvalue weighted by atomic mass is 10.1. The van der Waals surface area contributed by atoms with Crippen LogP contribution in [-0.4, -0.2) is 15.7 Å². The van der Waals surface area contributed by atoms with E-state index in [9.17, 15) is 26.7 Å². The molecule has 0 atom stereocenters. The molecule has 1 aromatic carbocycles. The molecule has 4 N–H and O–H groups in total. The first kappa shape index (κ1) is 18.8. The minimum absolute atomic E-state index is 0.0659. The maximum atomic E-state index is 14.0. The Kier molecular flexibility index (Phi) is 4.42. The number of benzene rings is 1. The van der Waals surface area contributed by atoms with Crippen LogP contribution >= 0.6 is 11.3 Å². The van der Waals surface area contributed by atoms with E-state index < -0.39 is 35.0 Å². The third-order valence-corrected chi connectivity index (χ3v) is 4.96. The third kappa shape index (κ3) is 3.37. The van der Waals surface area contributed by atoms with E-state index in [1.165, 1.54) is 13.1 Å². The van der Waals surface area contributed by atoms with Crippen molar-refractivity contribution >= 4 is 22.9 Å². The van der Waals surface area contributed by atoms with Crippen molar-refractivity contribution in [2.45, 2.75) is 6.18 Å². The van der Waals surface area contributed by atoms with Gasteiger partial charge in [-0.1, -0.05) is 0 Å². The fourth-order valence-corrected chi connectivity index (χ4v) is 3.63. The highest BCUT2D eigenvalue weighted by molar-refractivity contribution is 7.19. The number of carbonyl (C=O) groups is 1. The minimum Gasteiger partial charge on any atom is -0.397 e. The summed E-state index contributed by atoms with van der Waals surface area (Å²) < 4.78 is 67.5. The molecule has 0 bridgehead atoms. The van der Waals surface area contributed by atoms with E-state index >= 15 is 0 Å². The van der Waals surface area contributed by atoms with Crippen LogP contribution in [0.15, 0.2) is 24.3 Å². The number of nitrogens with zero attached hydrogens (tertiary/aromatic N) is 2. The summed E-state index contributed by atoms with van der Waals surface area (Å²) in [6.45, 7) is 0. The first-order chi connectivity index (χ1) is 12.5. The highest BCUT2D eigenvalue weighted by Gasteiger charge is 2.35. The summed E-state index contributed by atoms with van der Waals surface area (Å²) in [5.41, 5.74) is 9.13. The van der Waals surface area contributed by atoms with Gasteiger partial charge in [0.15, 0.2) is 5.69 Å². The topological polar surface area (TPSA) is 86.9 Å². The van der Waals surface area contributed by atoms with Gasteiger partial charge in [-0.05, 0) is 29.8 Å². The maximum absolute atomic E-state index is 14.0. The summed E-state index contributed by atoms with van der Waals surface area (Å²) in [6.07, 6.45) is -4.62. The van der Waals surface area contributed by atoms with Gasteiger partial charge in [0, 0.05) is 11.9 Å². The standard InChI is InChI=1S/C16H11F5N4OS/c1-25-10(5-12(24-25)16(19,20)21)14-9(22)4-11(27-14)6-2-7(17)13(15(23)26)8(18)3-6/h2-5H,22H2,1H3,(H2,23,26). The Balaban J connectivity index is 2.09. The zero-order valence-corrected chi connectivity index (χ0v) is 14.4. The van der Waals surface area contributed by atoms with Crippen molar-refractivity contribution in [2.24, 2.45) is 12.8 Å². The van der Waals surface area contributed by atoms with Gasteiger partial charge in [0.05, 0.1) is 16.3 Å². The Labute approximate surface area is 153 Å². The number of hydrogen-bond acceptors (Lipinski definition) is 4. The maximum Gasteiger partial charge on any atom is 0.435 e. The predicted octanol–water partition coefficient (Wildman–Crippen LogP) is 3.79. The van der Waals surface area contributed by atoms with Crippen LogP contribution in [0.3, 0.4) is 0 Å². The molecule has 27 heavy (non-hydrogen) atoms. The molecule has 0 aliphatic heterocycles. The van der Waals surface area contributed by atoms with Crippen molar-refractivity contribution in [3.63, 3.8) is 0 Å². The number of thiophene rings is 1. The lowest BCUT2D eigenvalue weighted by Gasteiger charge is -2.04. The van der Waals surface area contributed by atoms with Gasteiger partial charge < -0.3 is 11.5 Å². The van der Waals surface area contributed by atoms with Crippen LogP contribution in [0.5, 0.6) is 0 Å². The summed E-state index contributed by atoms with van der Waals surface area (Å²) in [7, 11) is 1.32. The molecule has 2 heterocycles. The summed E-state index contributed by atoms with van der Waals surface area (Å²) in [6, 6.07) is 4.02. The fourth-order valence-electron chi connectivity index (χ4n) is 2.52. The van der Waals surface area contributed by atoms with Crippen LogP contribution in [0.4, 0.5) is 27.6 Å².